The number of fused-ring (bicyclic) bond motifs is 2. The molecule has 0 amide bonds. The Morgan fingerprint density at radius 3 is 2.47 bits per heavy atom. The first-order chi connectivity index (χ1) is 6.78. The molecule has 0 aliphatic carbocycles. The highest BCUT2D eigenvalue weighted by Gasteiger charge is 2.45. The maximum absolute atomic E-state index is 5.88. The lowest BCUT2D eigenvalue weighted by Gasteiger charge is -2.28. The number of halogens is 2. The number of hydrogen-bond acceptors (Lipinski definition) is 2. The molecule has 2 heterocycles. The molecule has 82 valence electrons. The predicted octanol–water partition coefficient (Wildman–Crippen LogP) is 2.08. The molecule has 0 aromatic heterocycles. The molecule has 1 aromatic carbocycles. The van der Waals surface area contributed by atoms with Crippen molar-refractivity contribution in [3.63, 3.8) is 0 Å². The van der Waals surface area contributed by atoms with Crippen LogP contribution in [-0.4, -0.2) is 19.1 Å². The summed E-state index contributed by atoms with van der Waals surface area (Å²) < 4.78 is 0. The van der Waals surface area contributed by atoms with Crippen LogP contribution >= 0.6 is 28.6 Å². The monoisotopic (exact) mass is 288 g/mol. The van der Waals surface area contributed by atoms with Crippen molar-refractivity contribution in [1.82, 2.24) is 10.6 Å². The van der Waals surface area contributed by atoms with Gasteiger partial charge < -0.3 is 10.6 Å². The van der Waals surface area contributed by atoms with Gasteiger partial charge in [0.15, 0.2) is 0 Å². The van der Waals surface area contributed by atoms with E-state index in [0.717, 1.165) is 18.1 Å². The summed E-state index contributed by atoms with van der Waals surface area (Å²) >= 11 is 5.88. The third-order valence-electron chi connectivity index (χ3n) is 3.37. The van der Waals surface area contributed by atoms with Crippen molar-refractivity contribution in [3.05, 3.63) is 34.9 Å². The van der Waals surface area contributed by atoms with Crippen molar-refractivity contribution in [3.8, 4) is 0 Å². The molecule has 2 aliphatic rings. The second-order valence-electron chi connectivity index (χ2n) is 4.25. The Balaban J connectivity index is 0.000000853. The molecule has 4 heteroatoms. The van der Waals surface area contributed by atoms with Crippen molar-refractivity contribution >= 4 is 28.6 Å². The Morgan fingerprint density at radius 2 is 2.00 bits per heavy atom. The molecular formula is C11H14BrClN2. The van der Waals surface area contributed by atoms with Gasteiger partial charge in [0.2, 0.25) is 0 Å². The van der Waals surface area contributed by atoms with Gasteiger partial charge in [0.05, 0.1) is 5.54 Å². The topological polar surface area (TPSA) is 24.1 Å². The first kappa shape index (κ1) is 11.4. The maximum Gasteiger partial charge on any atom is 0.0577 e. The zero-order valence-corrected chi connectivity index (χ0v) is 10.8. The lowest BCUT2D eigenvalue weighted by Crippen LogP contribution is -2.47. The van der Waals surface area contributed by atoms with Gasteiger partial charge in [0.25, 0.3) is 0 Å². The minimum atomic E-state index is 0. The first-order valence-electron chi connectivity index (χ1n) is 5.03. The van der Waals surface area contributed by atoms with Crippen LogP contribution in [0.3, 0.4) is 0 Å². The standard InChI is InChI=1S/C11H13ClN2.BrH/c12-9-3-1-8(2-4-9)11-5-10(6-14-11)13-7-11;/h1-4,10,13-14H,5-7H2;1H/t10-,11+;/m0./s1. The van der Waals surface area contributed by atoms with Gasteiger partial charge in [-0.3, -0.25) is 0 Å². The summed E-state index contributed by atoms with van der Waals surface area (Å²) in [5.74, 6) is 0. The second kappa shape index (κ2) is 4.06. The molecule has 2 atom stereocenters. The van der Waals surface area contributed by atoms with Crippen LogP contribution in [0.25, 0.3) is 0 Å². The summed E-state index contributed by atoms with van der Waals surface area (Å²) in [6.45, 7) is 2.13. The molecule has 0 saturated carbocycles. The molecule has 2 nitrogen and oxygen atoms in total. The molecule has 2 bridgehead atoms. The second-order valence-corrected chi connectivity index (χ2v) is 4.69. The van der Waals surface area contributed by atoms with E-state index in [1.807, 2.05) is 12.1 Å². The highest BCUT2D eigenvalue weighted by Crippen LogP contribution is 2.35. The van der Waals surface area contributed by atoms with E-state index in [0.29, 0.717) is 6.04 Å². The Labute approximate surface area is 105 Å². The molecule has 0 spiro atoms. The Kier molecular flexibility index (Phi) is 3.08. The lowest BCUT2D eigenvalue weighted by atomic mass is 9.90. The normalized spacial score (nSPS) is 32.7. The Hall–Kier alpha value is -0.0900. The number of benzene rings is 1. The fraction of sp³-hybridized carbons (Fsp3) is 0.455. The van der Waals surface area contributed by atoms with Gasteiger partial charge in [-0.1, -0.05) is 23.7 Å². The highest BCUT2D eigenvalue weighted by atomic mass is 79.9. The van der Waals surface area contributed by atoms with Gasteiger partial charge in [0.1, 0.15) is 0 Å². The maximum atomic E-state index is 5.88. The van der Waals surface area contributed by atoms with Gasteiger partial charge in [-0.05, 0) is 24.1 Å². The van der Waals surface area contributed by atoms with Crippen molar-refractivity contribution in [1.29, 1.82) is 0 Å². The molecule has 0 radical (unpaired) electrons. The van der Waals surface area contributed by atoms with Crippen LogP contribution in [0.2, 0.25) is 5.02 Å². The van der Waals surface area contributed by atoms with E-state index >= 15 is 0 Å². The van der Waals surface area contributed by atoms with Crippen molar-refractivity contribution in [2.45, 2.75) is 18.0 Å². The van der Waals surface area contributed by atoms with Crippen LogP contribution < -0.4 is 10.6 Å². The van der Waals surface area contributed by atoms with Crippen LogP contribution in [0.5, 0.6) is 0 Å². The molecule has 1 aromatic rings. The van der Waals surface area contributed by atoms with Crippen LogP contribution in [0.15, 0.2) is 24.3 Å². The van der Waals surface area contributed by atoms with E-state index in [1.165, 1.54) is 12.0 Å². The van der Waals surface area contributed by atoms with Crippen molar-refractivity contribution in [2.24, 2.45) is 0 Å². The van der Waals surface area contributed by atoms with Gasteiger partial charge in [0, 0.05) is 24.2 Å². The molecule has 3 rings (SSSR count). The van der Waals surface area contributed by atoms with Crippen LogP contribution in [0, 0.1) is 0 Å². The minimum absolute atomic E-state index is 0. The van der Waals surface area contributed by atoms with E-state index < -0.39 is 0 Å². The van der Waals surface area contributed by atoms with Crippen molar-refractivity contribution < 1.29 is 0 Å². The summed E-state index contributed by atoms with van der Waals surface area (Å²) in [7, 11) is 0. The number of nitrogens with one attached hydrogen (secondary N) is 2. The summed E-state index contributed by atoms with van der Waals surface area (Å²) in [6.07, 6.45) is 1.20. The molecule has 2 fully saturated rings. The van der Waals surface area contributed by atoms with E-state index in [1.54, 1.807) is 0 Å². The van der Waals surface area contributed by atoms with Gasteiger partial charge in [-0.25, -0.2) is 0 Å². The zero-order chi connectivity index (χ0) is 9.60. The molecular weight excluding hydrogens is 275 g/mol. The SMILES string of the molecule is Br.Clc1ccc([C@@]23CN[C@H](CN2)C3)cc1. The van der Waals surface area contributed by atoms with Crippen molar-refractivity contribution in [2.75, 3.05) is 13.1 Å². The summed E-state index contributed by atoms with van der Waals surface area (Å²) in [5, 5.41) is 7.92. The van der Waals surface area contributed by atoms with E-state index in [-0.39, 0.29) is 22.5 Å². The Morgan fingerprint density at radius 1 is 1.27 bits per heavy atom. The van der Waals surface area contributed by atoms with E-state index in [4.69, 9.17) is 11.6 Å². The number of hydrogen-bond donors (Lipinski definition) is 2. The molecule has 2 N–H and O–H groups in total. The first-order valence-corrected chi connectivity index (χ1v) is 5.41. The van der Waals surface area contributed by atoms with E-state index in [9.17, 15) is 0 Å². The average molecular weight is 290 g/mol. The minimum Gasteiger partial charge on any atom is -0.310 e. The zero-order valence-electron chi connectivity index (χ0n) is 8.29. The van der Waals surface area contributed by atoms with Gasteiger partial charge in [-0.15, -0.1) is 17.0 Å². The molecule has 2 aliphatic heterocycles. The highest BCUT2D eigenvalue weighted by molar-refractivity contribution is 8.93. The number of piperazine rings is 1. The summed E-state index contributed by atoms with van der Waals surface area (Å²) in [4.78, 5) is 0. The summed E-state index contributed by atoms with van der Waals surface area (Å²) in [5.41, 5.74) is 1.53. The fourth-order valence-corrected chi connectivity index (χ4v) is 2.70. The Bertz CT molecular complexity index is 344. The van der Waals surface area contributed by atoms with Gasteiger partial charge in [-0.2, -0.15) is 0 Å². The van der Waals surface area contributed by atoms with Gasteiger partial charge >= 0.3 is 0 Å². The van der Waals surface area contributed by atoms with E-state index in [2.05, 4.69) is 22.8 Å². The molecule has 0 unspecified atom stereocenters. The average Bonchev–Trinajstić information content (AvgIpc) is 2.79. The fourth-order valence-electron chi connectivity index (χ4n) is 2.57. The summed E-state index contributed by atoms with van der Waals surface area (Å²) in [6, 6.07) is 8.86. The smallest absolute Gasteiger partial charge is 0.0577 e. The predicted molar refractivity (Wildman–Crippen MR) is 67.9 cm³/mol. The molecule has 15 heavy (non-hydrogen) atoms. The van der Waals surface area contributed by atoms with Crippen LogP contribution in [0.4, 0.5) is 0 Å². The lowest BCUT2D eigenvalue weighted by molar-refractivity contribution is 0.392. The van der Waals surface area contributed by atoms with Crippen LogP contribution in [0.1, 0.15) is 12.0 Å². The van der Waals surface area contributed by atoms with Crippen LogP contribution in [-0.2, 0) is 5.54 Å². The largest absolute Gasteiger partial charge is 0.310 e. The third-order valence-corrected chi connectivity index (χ3v) is 3.62. The third kappa shape index (κ3) is 1.82. The molecule has 2 saturated heterocycles. The number of rotatable bonds is 1. The quantitative estimate of drug-likeness (QED) is 0.827.